The maximum absolute atomic E-state index is 13.4. The van der Waals surface area contributed by atoms with E-state index >= 15 is 0 Å². The molecular weight excluding hydrogens is 616 g/mol. The monoisotopic (exact) mass is 640 g/mol. The number of nitrogens with one attached hydrogen (secondary N) is 1. The van der Waals surface area contributed by atoms with Crippen LogP contribution in [0.2, 0.25) is 0 Å². The highest BCUT2D eigenvalue weighted by molar-refractivity contribution is 9.10. The van der Waals surface area contributed by atoms with Crippen LogP contribution in [0.25, 0.3) is 31.9 Å². The van der Waals surface area contributed by atoms with Crippen LogP contribution in [0.4, 0.5) is 0 Å². The summed E-state index contributed by atoms with van der Waals surface area (Å²) in [7, 11) is 0. The molecule has 1 fully saturated rings. The van der Waals surface area contributed by atoms with Gasteiger partial charge in [-0.2, -0.15) is 0 Å². The lowest BCUT2D eigenvalue weighted by molar-refractivity contribution is 0.0713. The van der Waals surface area contributed by atoms with E-state index in [0.717, 1.165) is 39.0 Å². The predicted molar refractivity (Wildman–Crippen MR) is 165 cm³/mol. The minimum Gasteiger partial charge on any atom is -0.359 e. The lowest BCUT2D eigenvalue weighted by Crippen LogP contribution is -2.38. The van der Waals surface area contributed by atoms with Gasteiger partial charge in [0.2, 0.25) is 5.56 Å². The number of piperidine rings is 1. The smallest absolute Gasteiger partial charge is 0.254 e. The summed E-state index contributed by atoms with van der Waals surface area (Å²) >= 11 is 5.15. The third kappa shape index (κ3) is 5.33. The van der Waals surface area contributed by atoms with Gasteiger partial charge < -0.3 is 14.4 Å². The number of rotatable bonds is 6. The number of thiophene rings is 1. The van der Waals surface area contributed by atoms with Crippen LogP contribution < -0.4 is 5.56 Å². The molecule has 0 spiro atoms. The second-order valence-electron chi connectivity index (χ2n) is 10.4. The first-order valence-electron chi connectivity index (χ1n) is 13.6. The number of amides is 1. The Bertz CT molecular complexity index is 1950. The molecule has 9 nitrogen and oxygen atoms in total. The minimum absolute atomic E-state index is 0.132. The van der Waals surface area contributed by atoms with E-state index in [1.165, 1.54) is 16.5 Å². The summed E-state index contributed by atoms with van der Waals surface area (Å²) in [6.07, 6.45) is 3.44. The largest absolute Gasteiger partial charge is 0.359 e. The zero-order valence-corrected chi connectivity index (χ0v) is 24.8. The number of aromatic amines is 1. The van der Waals surface area contributed by atoms with Gasteiger partial charge in [-0.15, -0.1) is 16.4 Å². The number of aromatic nitrogens is 5. The third-order valence-corrected chi connectivity index (χ3v) is 9.24. The Labute approximate surface area is 252 Å². The zero-order valence-electron chi connectivity index (χ0n) is 22.4. The van der Waals surface area contributed by atoms with Gasteiger partial charge in [-0.05, 0) is 48.7 Å². The highest BCUT2D eigenvalue weighted by Gasteiger charge is 2.28. The van der Waals surface area contributed by atoms with Crippen molar-refractivity contribution >= 4 is 44.1 Å². The quantitative estimate of drug-likeness (QED) is 0.228. The molecule has 6 aromatic rings. The number of carbonyl (C=O) groups is 1. The van der Waals surface area contributed by atoms with Gasteiger partial charge in [0.25, 0.3) is 5.91 Å². The van der Waals surface area contributed by atoms with E-state index in [1.54, 1.807) is 22.1 Å². The van der Waals surface area contributed by atoms with Gasteiger partial charge in [0.1, 0.15) is 12.2 Å². The second-order valence-corrected chi connectivity index (χ2v) is 12.4. The number of pyridine rings is 1. The molecule has 42 heavy (non-hydrogen) atoms. The van der Waals surface area contributed by atoms with E-state index in [2.05, 4.69) is 60.6 Å². The maximum atomic E-state index is 13.4. The van der Waals surface area contributed by atoms with Crippen LogP contribution in [0.5, 0.6) is 0 Å². The van der Waals surface area contributed by atoms with Crippen molar-refractivity contribution in [3.63, 3.8) is 0 Å². The van der Waals surface area contributed by atoms with Crippen LogP contribution in [-0.4, -0.2) is 49.0 Å². The van der Waals surface area contributed by atoms with E-state index in [-0.39, 0.29) is 17.4 Å². The molecule has 4 aromatic heterocycles. The van der Waals surface area contributed by atoms with Crippen LogP contribution >= 0.6 is 27.3 Å². The summed E-state index contributed by atoms with van der Waals surface area (Å²) in [4.78, 5) is 32.5. The van der Waals surface area contributed by atoms with Gasteiger partial charge in [0.05, 0.1) is 22.3 Å². The van der Waals surface area contributed by atoms with Crippen LogP contribution in [0, 0.1) is 0 Å². The number of likely N-dealkylation sites (tertiary alicyclic amines) is 1. The summed E-state index contributed by atoms with van der Waals surface area (Å²) in [5.74, 6) is 0.759. The van der Waals surface area contributed by atoms with Crippen molar-refractivity contribution in [2.45, 2.75) is 25.3 Å². The summed E-state index contributed by atoms with van der Waals surface area (Å²) in [5, 5.41) is 13.7. The van der Waals surface area contributed by atoms with Crippen molar-refractivity contribution in [3.8, 4) is 21.0 Å². The topological polar surface area (TPSA) is 110 Å². The van der Waals surface area contributed by atoms with Crippen LogP contribution in [0.1, 0.15) is 40.6 Å². The number of hydrogen-bond donors (Lipinski definition) is 1. The molecule has 0 radical (unpaired) electrons. The maximum Gasteiger partial charge on any atom is 0.254 e. The van der Waals surface area contributed by atoms with Gasteiger partial charge in [0, 0.05) is 51.4 Å². The first-order chi connectivity index (χ1) is 20.5. The molecule has 1 amide bonds. The van der Waals surface area contributed by atoms with Crippen molar-refractivity contribution in [1.29, 1.82) is 0 Å². The standard InChI is InChI=1S/C31H25BrN6O3S/c32-21-6-7-25-23(14-21)24(16-30(39)33-25)31(40)37-12-10-19(11-13-37)26-15-22(41-35-26)17-38-18-27(34-36-38)29-9-8-28(42-29)20-4-2-1-3-5-20/h1-9,14-16,18-19H,10-13,17H2,(H,33,39). The molecular formula is C31H25BrN6O3S. The predicted octanol–water partition coefficient (Wildman–Crippen LogP) is 6.33. The zero-order chi connectivity index (χ0) is 28.6. The summed E-state index contributed by atoms with van der Waals surface area (Å²) in [5.41, 5.74) is 3.66. The molecule has 7 rings (SSSR count). The Balaban J connectivity index is 0.992. The first kappa shape index (κ1) is 26.5. The molecule has 1 aliphatic heterocycles. The molecule has 0 bridgehead atoms. The molecule has 0 aliphatic carbocycles. The lowest BCUT2D eigenvalue weighted by Gasteiger charge is -2.31. The van der Waals surface area contributed by atoms with Crippen molar-refractivity contribution in [1.82, 2.24) is 30.0 Å². The van der Waals surface area contributed by atoms with Gasteiger partial charge in [0.15, 0.2) is 5.76 Å². The molecule has 0 atom stereocenters. The number of carbonyl (C=O) groups excluding carboxylic acids is 1. The summed E-state index contributed by atoms with van der Waals surface area (Å²) < 4.78 is 8.26. The third-order valence-electron chi connectivity index (χ3n) is 7.59. The second kappa shape index (κ2) is 11.1. The lowest BCUT2D eigenvalue weighted by atomic mass is 9.93. The number of H-pyrrole nitrogens is 1. The summed E-state index contributed by atoms with van der Waals surface area (Å²) in [6, 6.07) is 23.3. The highest BCUT2D eigenvalue weighted by Crippen LogP contribution is 2.34. The van der Waals surface area contributed by atoms with E-state index < -0.39 is 0 Å². The number of fused-ring (bicyclic) bond motifs is 1. The fourth-order valence-electron chi connectivity index (χ4n) is 5.43. The van der Waals surface area contributed by atoms with E-state index in [1.807, 2.05) is 47.5 Å². The first-order valence-corrected chi connectivity index (χ1v) is 15.2. The van der Waals surface area contributed by atoms with Crippen molar-refractivity contribution in [2.75, 3.05) is 13.1 Å². The fourth-order valence-corrected chi connectivity index (χ4v) is 6.75. The van der Waals surface area contributed by atoms with Crippen LogP contribution in [0.3, 0.4) is 0 Å². The van der Waals surface area contributed by atoms with Crippen LogP contribution in [0.15, 0.2) is 92.8 Å². The molecule has 5 heterocycles. The Morgan fingerprint density at radius 1 is 1.02 bits per heavy atom. The average molecular weight is 642 g/mol. The summed E-state index contributed by atoms with van der Waals surface area (Å²) in [6.45, 7) is 1.58. The van der Waals surface area contributed by atoms with Gasteiger partial charge >= 0.3 is 0 Å². The van der Waals surface area contributed by atoms with E-state index in [9.17, 15) is 9.59 Å². The number of hydrogen-bond acceptors (Lipinski definition) is 7. The average Bonchev–Trinajstić information content (AvgIpc) is 3.79. The molecule has 2 aromatic carbocycles. The van der Waals surface area contributed by atoms with E-state index in [4.69, 9.17) is 4.52 Å². The van der Waals surface area contributed by atoms with Crippen molar-refractivity contribution in [3.05, 3.63) is 111 Å². The Hall–Kier alpha value is -4.35. The molecule has 11 heteroatoms. The number of halogens is 1. The molecule has 0 unspecified atom stereocenters. The molecule has 0 saturated carbocycles. The van der Waals surface area contributed by atoms with Gasteiger partial charge in [-0.3, -0.25) is 9.59 Å². The Morgan fingerprint density at radius 3 is 2.67 bits per heavy atom. The van der Waals surface area contributed by atoms with Crippen molar-refractivity contribution in [2.24, 2.45) is 0 Å². The number of nitrogens with zero attached hydrogens (tertiary/aromatic N) is 5. The minimum atomic E-state index is -0.287. The van der Waals surface area contributed by atoms with Crippen molar-refractivity contribution < 1.29 is 9.32 Å². The van der Waals surface area contributed by atoms with Gasteiger partial charge in [-0.25, -0.2) is 4.68 Å². The Morgan fingerprint density at radius 2 is 1.83 bits per heavy atom. The molecule has 1 aliphatic rings. The molecule has 1 saturated heterocycles. The SMILES string of the molecule is O=C(c1cc(=O)[nH]c2ccc(Br)cc12)N1CCC(c2cc(Cn3cc(-c4ccc(-c5ccccc5)s4)nn3)on2)CC1. The highest BCUT2D eigenvalue weighted by atomic mass is 79.9. The normalized spacial score (nSPS) is 14.1. The Kier molecular flexibility index (Phi) is 7.04. The molecule has 210 valence electrons. The van der Waals surface area contributed by atoms with Gasteiger partial charge in [-0.1, -0.05) is 56.6 Å². The fraction of sp³-hybridized carbons (Fsp3) is 0.194. The van der Waals surface area contributed by atoms with E-state index in [0.29, 0.717) is 36.5 Å². The number of benzene rings is 2. The molecule has 1 N–H and O–H groups in total. The van der Waals surface area contributed by atoms with Crippen LogP contribution in [-0.2, 0) is 6.54 Å².